The fraction of sp³-hybridized carbons (Fsp3) is 0.292. The fourth-order valence-electron chi connectivity index (χ4n) is 4.22. The Labute approximate surface area is 200 Å². The maximum absolute atomic E-state index is 13.7. The number of ether oxygens (including phenoxy) is 1. The van der Waals surface area contributed by atoms with Gasteiger partial charge >= 0.3 is 5.69 Å². The molecule has 1 saturated heterocycles. The molecule has 2 aromatic heterocycles. The standard InChI is InChI=1S/C24H25ClN6O3/c1-28-21-20(22(32)30(24(28)33)15-16-34-17-7-3-2-4-8-17)31(19-10-6-5-9-18(19)25)23(27-21)29-13-11-26-12-14-29/h2-10,26H,11-16H2,1H3. The van der Waals surface area contributed by atoms with Crippen molar-refractivity contribution >= 4 is 28.7 Å². The molecule has 0 bridgehead atoms. The van der Waals surface area contributed by atoms with E-state index < -0.39 is 11.2 Å². The molecular formula is C24H25ClN6O3. The maximum Gasteiger partial charge on any atom is 0.332 e. The highest BCUT2D eigenvalue weighted by atomic mass is 35.5. The molecule has 5 rings (SSSR count). The van der Waals surface area contributed by atoms with Gasteiger partial charge in [0.05, 0.1) is 17.3 Å². The molecule has 0 radical (unpaired) electrons. The lowest BCUT2D eigenvalue weighted by Crippen LogP contribution is -2.44. The van der Waals surface area contributed by atoms with Crippen LogP contribution < -0.4 is 26.2 Å². The summed E-state index contributed by atoms with van der Waals surface area (Å²) in [6.45, 7) is 3.32. The van der Waals surface area contributed by atoms with Gasteiger partial charge in [0.15, 0.2) is 11.2 Å². The Hall–Kier alpha value is -3.56. The van der Waals surface area contributed by atoms with Gasteiger partial charge in [0, 0.05) is 33.2 Å². The van der Waals surface area contributed by atoms with Gasteiger partial charge in [-0.15, -0.1) is 0 Å². The van der Waals surface area contributed by atoms with Gasteiger partial charge in [-0.3, -0.25) is 18.5 Å². The molecule has 1 aliphatic heterocycles. The molecule has 4 aromatic rings. The number of imidazole rings is 1. The second kappa shape index (κ2) is 9.36. The Balaban J connectivity index is 1.66. The van der Waals surface area contributed by atoms with Gasteiger partial charge in [-0.1, -0.05) is 41.9 Å². The number of anilines is 1. The van der Waals surface area contributed by atoms with E-state index in [1.807, 2.05) is 48.5 Å². The van der Waals surface area contributed by atoms with Crippen molar-refractivity contribution in [3.8, 4) is 11.4 Å². The first kappa shape index (κ1) is 22.2. The number of hydrogen-bond donors (Lipinski definition) is 1. The minimum absolute atomic E-state index is 0.104. The summed E-state index contributed by atoms with van der Waals surface area (Å²) in [6, 6.07) is 16.6. The molecule has 1 aliphatic rings. The molecule has 0 aliphatic carbocycles. The highest BCUT2D eigenvalue weighted by Gasteiger charge is 2.26. The van der Waals surface area contributed by atoms with Crippen molar-refractivity contribution in [2.24, 2.45) is 7.05 Å². The third-order valence-electron chi connectivity index (χ3n) is 5.94. The van der Waals surface area contributed by atoms with E-state index in [9.17, 15) is 9.59 Å². The second-order valence-corrected chi connectivity index (χ2v) is 8.47. The van der Waals surface area contributed by atoms with Crippen LogP contribution in [0.4, 0.5) is 5.95 Å². The molecule has 176 valence electrons. The van der Waals surface area contributed by atoms with Crippen molar-refractivity contribution in [3.63, 3.8) is 0 Å². The quantitative estimate of drug-likeness (QED) is 0.454. The first-order valence-corrected chi connectivity index (χ1v) is 11.5. The molecule has 0 atom stereocenters. The highest BCUT2D eigenvalue weighted by molar-refractivity contribution is 6.32. The molecule has 0 unspecified atom stereocenters. The van der Waals surface area contributed by atoms with Crippen molar-refractivity contribution in [1.82, 2.24) is 24.0 Å². The minimum Gasteiger partial charge on any atom is -0.492 e. The first-order valence-electron chi connectivity index (χ1n) is 11.2. The lowest BCUT2D eigenvalue weighted by atomic mass is 10.3. The molecule has 2 aromatic carbocycles. The highest BCUT2D eigenvalue weighted by Crippen LogP contribution is 2.29. The molecule has 0 spiro atoms. The predicted octanol–water partition coefficient (Wildman–Crippen LogP) is 2.03. The summed E-state index contributed by atoms with van der Waals surface area (Å²) in [7, 11) is 1.63. The number of nitrogens with zero attached hydrogens (tertiary/aromatic N) is 5. The van der Waals surface area contributed by atoms with Crippen molar-refractivity contribution < 1.29 is 4.74 Å². The van der Waals surface area contributed by atoms with E-state index in [0.717, 1.165) is 26.2 Å². The van der Waals surface area contributed by atoms with Crippen LogP contribution in [0.25, 0.3) is 16.9 Å². The number of para-hydroxylation sites is 2. The molecule has 34 heavy (non-hydrogen) atoms. The van der Waals surface area contributed by atoms with Crippen molar-refractivity contribution in [3.05, 3.63) is 80.5 Å². The molecule has 9 nitrogen and oxygen atoms in total. The van der Waals surface area contributed by atoms with E-state index in [0.29, 0.717) is 33.6 Å². The van der Waals surface area contributed by atoms with Crippen LogP contribution in [0.3, 0.4) is 0 Å². The van der Waals surface area contributed by atoms with E-state index in [2.05, 4.69) is 10.2 Å². The van der Waals surface area contributed by atoms with Crippen LogP contribution in [-0.4, -0.2) is 51.5 Å². The van der Waals surface area contributed by atoms with Crippen molar-refractivity contribution in [1.29, 1.82) is 0 Å². The van der Waals surface area contributed by atoms with E-state index in [1.165, 1.54) is 9.13 Å². The summed E-state index contributed by atoms with van der Waals surface area (Å²) in [5, 5.41) is 3.82. The molecule has 0 saturated carbocycles. The fourth-order valence-corrected chi connectivity index (χ4v) is 4.44. The Morgan fingerprint density at radius 1 is 1.03 bits per heavy atom. The number of hydrogen-bond acceptors (Lipinski definition) is 6. The third kappa shape index (κ3) is 3.97. The van der Waals surface area contributed by atoms with Crippen LogP contribution in [0.15, 0.2) is 64.2 Å². The lowest BCUT2D eigenvalue weighted by Gasteiger charge is -2.28. The van der Waals surface area contributed by atoms with Crippen LogP contribution in [0, 0.1) is 0 Å². The van der Waals surface area contributed by atoms with Gasteiger partial charge in [-0.2, -0.15) is 4.98 Å². The van der Waals surface area contributed by atoms with Gasteiger partial charge in [-0.25, -0.2) is 4.79 Å². The van der Waals surface area contributed by atoms with Crippen LogP contribution >= 0.6 is 11.6 Å². The van der Waals surface area contributed by atoms with E-state index in [1.54, 1.807) is 17.7 Å². The summed E-state index contributed by atoms with van der Waals surface area (Å²) < 4.78 is 10.1. The number of benzene rings is 2. The Kier molecular flexibility index (Phi) is 6.12. The lowest BCUT2D eigenvalue weighted by molar-refractivity contribution is 0.293. The smallest absolute Gasteiger partial charge is 0.332 e. The van der Waals surface area contributed by atoms with Crippen LogP contribution in [0.5, 0.6) is 5.75 Å². The SMILES string of the molecule is Cn1c(=O)n(CCOc2ccccc2)c(=O)c2c1nc(N1CCNCC1)n2-c1ccccc1Cl. The zero-order valence-electron chi connectivity index (χ0n) is 18.8. The molecular weight excluding hydrogens is 456 g/mol. The minimum atomic E-state index is -0.440. The van der Waals surface area contributed by atoms with Gasteiger partial charge in [0.2, 0.25) is 5.95 Å². The number of rotatable bonds is 6. The largest absolute Gasteiger partial charge is 0.492 e. The average molecular weight is 481 g/mol. The van der Waals surface area contributed by atoms with Gasteiger partial charge in [0.25, 0.3) is 5.56 Å². The van der Waals surface area contributed by atoms with Crippen LogP contribution in [0.1, 0.15) is 0 Å². The van der Waals surface area contributed by atoms with Crippen LogP contribution in [0.2, 0.25) is 5.02 Å². The molecule has 10 heteroatoms. The van der Waals surface area contributed by atoms with Gasteiger partial charge in [-0.05, 0) is 24.3 Å². The molecule has 1 fully saturated rings. The number of aryl methyl sites for hydroxylation is 1. The van der Waals surface area contributed by atoms with E-state index in [4.69, 9.17) is 21.3 Å². The summed E-state index contributed by atoms with van der Waals surface area (Å²) in [5.74, 6) is 1.27. The van der Waals surface area contributed by atoms with E-state index >= 15 is 0 Å². The monoisotopic (exact) mass is 480 g/mol. The van der Waals surface area contributed by atoms with Crippen molar-refractivity contribution in [2.75, 3.05) is 37.7 Å². The Morgan fingerprint density at radius 3 is 2.47 bits per heavy atom. The summed E-state index contributed by atoms with van der Waals surface area (Å²) >= 11 is 6.56. The summed E-state index contributed by atoms with van der Waals surface area (Å²) in [4.78, 5) is 33.7. The normalized spacial score (nSPS) is 14.0. The van der Waals surface area contributed by atoms with Crippen LogP contribution in [-0.2, 0) is 13.6 Å². The average Bonchev–Trinajstić information content (AvgIpc) is 3.27. The second-order valence-electron chi connectivity index (χ2n) is 8.07. The van der Waals surface area contributed by atoms with Crippen molar-refractivity contribution in [2.45, 2.75) is 6.54 Å². The molecule has 0 amide bonds. The summed E-state index contributed by atoms with van der Waals surface area (Å²) in [6.07, 6.45) is 0. The number of nitrogens with one attached hydrogen (secondary N) is 1. The van der Waals surface area contributed by atoms with Gasteiger partial charge < -0.3 is 15.0 Å². The molecule has 1 N–H and O–H groups in total. The third-order valence-corrected chi connectivity index (χ3v) is 6.26. The van der Waals surface area contributed by atoms with E-state index in [-0.39, 0.29) is 13.2 Å². The summed E-state index contributed by atoms with van der Waals surface area (Å²) in [5.41, 5.74) is 0.406. The molecule has 3 heterocycles. The zero-order valence-corrected chi connectivity index (χ0v) is 19.5. The topological polar surface area (TPSA) is 86.3 Å². The number of piperazine rings is 1. The maximum atomic E-state index is 13.7. The van der Waals surface area contributed by atoms with Gasteiger partial charge in [0.1, 0.15) is 12.4 Å². The Bertz CT molecular complexity index is 1440. The number of aromatic nitrogens is 4. The number of halogens is 1. The zero-order chi connectivity index (χ0) is 23.7. The first-order chi connectivity index (χ1) is 16.6. The predicted molar refractivity (Wildman–Crippen MR) is 133 cm³/mol. The number of fused-ring (bicyclic) bond motifs is 1. The Morgan fingerprint density at radius 2 is 1.74 bits per heavy atom.